The highest BCUT2D eigenvalue weighted by molar-refractivity contribution is 7.99. The van der Waals surface area contributed by atoms with Crippen LogP contribution in [0.3, 0.4) is 0 Å². The van der Waals surface area contributed by atoms with Crippen LogP contribution < -0.4 is 0 Å². The molecule has 26 heavy (non-hydrogen) atoms. The van der Waals surface area contributed by atoms with Gasteiger partial charge in [0.15, 0.2) is 5.01 Å². The number of carbonyl (C=O) groups excluding carboxylic acids is 1. The third-order valence-corrected chi connectivity index (χ3v) is 5.89. The van der Waals surface area contributed by atoms with Gasteiger partial charge in [0.1, 0.15) is 5.01 Å². The number of methoxy groups -OCH3 is 1. The number of aromatic nitrogens is 3. The highest BCUT2D eigenvalue weighted by Crippen LogP contribution is 2.39. The summed E-state index contributed by atoms with van der Waals surface area (Å²) in [6.45, 7) is 0. The van der Waals surface area contributed by atoms with Crippen molar-refractivity contribution in [3.8, 4) is 10.6 Å². The van der Waals surface area contributed by atoms with Crippen LogP contribution in [-0.2, 0) is 16.6 Å². The molecular formula is C16H14ClF2N3O2S2. The van der Waals surface area contributed by atoms with E-state index in [-0.39, 0.29) is 17.4 Å². The first-order valence-corrected chi connectivity index (χ1v) is 9.68. The molecule has 0 aliphatic carbocycles. The Bertz CT molecular complexity index is 959. The fraction of sp³-hybridized carbons (Fsp3) is 0.312. The predicted octanol–water partition coefficient (Wildman–Crippen LogP) is 4.94. The Kier molecular flexibility index (Phi) is 5.79. The van der Waals surface area contributed by atoms with Gasteiger partial charge < -0.3 is 9.30 Å². The van der Waals surface area contributed by atoms with Crippen molar-refractivity contribution in [3.05, 3.63) is 28.4 Å². The number of nitrogens with zero attached hydrogens (tertiary/aromatic N) is 3. The van der Waals surface area contributed by atoms with Crippen LogP contribution in [-0.4, -0.2) is 33.6 Å². The average molecular weight is 418 g/mol. The van der Waals surface area contributed by atoms with Gasteiger partial charge in [-0.25, -0.2) is 8.78 Å². The molecule has 0 N–H and O–H groups in total. The molecule has 1 aromatic carbocycles. The van der Waals surface area contributed by atoms with Crippen LogP contribution in [0.1, 0.15) is 17.9 Å². The van der Waals surface area contributed by atoms with Gasteiger partial charge in [0.2, 0.25) is 0 Å². The first kappa shape index (κ1) is 19.1. The van der Waals surface area contributed by atoms with Crippen LogP contribution in [0.15, 0.2) is 23.2 Å². The van der Waals surface area contributed by atoms with Gasteiger partial charge in [0, 0.05) is 34.8 Å². The lowest BCUT2D eigenvalue weighted by molar-refractivity contribution is -0.140. The van der Waals surface area contributed by atoms with E-state index in [2.05, 4.69) is 14.9 Å². The summed E-state index contributed by atoms with van der Waals surface area (Å²) < 4.78 is 32.1. The molecule has 0 spiro atoms. The number of benzene rings is 1. The molecule has 0 atom stereocenters. The molecule has 0 aliphatic heterocycles. The van der Waals surface area contributed by atoms with Crippen molar-refractivity contribution in [2.45, 2.75) is 17.7 Å². The minimum Gasteiger partial charge on any atom is -0.469 e. The number of aryl methyl sites for hydroxylation is 1. The number of ether oxygens (including phenoxy) is 1. The molecule has 0 unspecified atom stereocenters. The normalized spacial score (nSPS) is 11.5. The summed E-state index contributed by atoms with van der Waals surface area (Å²) in [7, 11) is 3.18. The molecule has 0 bridgehead atoms. The fourth-order valence-electron chi connectivity index (χ4n) is 2.51. The maximum absolute atomic E-state index is 12.8. The van der Waals surface area contributed by atoms with Crippen LogP contribution in [0.5, 0.6) is 0 Å². The predicted molar refractivity (Wildman–Crippen MR) is 99.1 cm³/mol. The van der Waals surface area contributed by atoms with Crippen molar-refractivity contribution in [1.82, 2.24) is 14.8 Å². The molecule has 0 fully saturated rings. The molecule has 0 amide bonds. The molecule has 3 aromatic rings. The Balaban J connectivity index is 1.97. The first-order chi connectivity index (χ1) is 12.4. The number of thioether (sulfide) groups is 1. The topological polar surface area (TPSA) is 57.0 Å². The van der Waals surface area contributed by atoms with Crippen molar-refractivity contribution >= 4 is 51.6 Å². The third-order valence-electron chi connectivity index (χ3n) is 3.66. The van der Waals surface area contributed by atoms with Gasteiger partial charge in [-0.15, -0.1) is 22.0 Å². The number of esters is 1. The Morgan fingerprint density at radius 3 is 2.85 bits per heavy atom. The SMILES string of the molecule is COC(=O)CCSc1cc(Cl)c2c(c1)c(-c1nnc(C(F)F)s1)cn2C. The van der Waals surface area contributed by atoms with E-state index in [1.807, 2.05) is 23.7 Å². The molecule has 0 saturated carbocycles. The van der Waals surface area contributed by atoms with Crippen LogP contribution >= 0.6 is 34.7 Å². The zero-order valence-electron chi connectivity index (χ0n) is 13.8. The molecule has 0 saturated heterocycles. The Labute approximate surface area is 161 Å². The molecule has 2 heterocycles. The molecule has 5 nitrogen and oxygen atoms in total. The summed E-state index contributed by atoms with van der Waals surface area (Å²) in [6, 6.07) is 3.74. The van der Waals surface area contributed by atoms with Crippen molar-refractivity contribution in [2.24, 2.45) is 7.05 Å². The smallest absolute Gasteiger partial charge is 0.306 e. The second-order valence-electron chi connectivity index (χ2n) is 5.38. The average Bonchev–Trinajstić information content (AvgIpc) is 3.20. The second-order valence-corrected chi connectivity index (χ2v) is 7.96. The number of halogens is 3. The van der Waals surface area contributed by atoms with Gasteiger partial charge >= 0.3 is 5.97 Å². The Hall–Kier alpha value is -1.71. The minimum absolute atomic E-state index is 0.279. The number of rotatable bonds is 6. The zero-order valence-corrected chi connectivity index (χ0v) is 16.2. The van der Waals surface area contributed by atoms with Crippen LogP contribution in [0.4, 0.5) is 8.78 Å². The van der Waals surface area contributed by atoms with Crippen LogP contribution in [0, 0.1) is 0 Å². The van der Waals surface area contributed by atoms with E-state index in [0.717, 1.165) is 27.1 Å². The molecule has 0 radical (unpaired) electrons. The summed E-state index contributed by atoms with van der Waals surface area (Å²) in [4.78, 5) is 12.1. The lowest BCUT2D eigenvalue weighted by atomic mass is 10.2. The summed E-state index contributed by atoms with van der Waals surface area (Å²) in [5, 5.41) is 8.89. The van der Waals surface area contributed by atoms with Crippen molar-refractivity contribution in [2.75, 3.05) is 12.9 Å². The molecular weight excluding hydrogens is 404 g/mol. The van der Waals surface area contributed by atoms with E-state index in [1.54, 1.807) is 6.20 Å². The molecule has 0 aliphatic rings. The number of fused-ring (bicyclic) bond motifs is 1. The van der Waals surface area contributed by atoms with E-state index in [1.165, 1.54) is 18.9 Å². The highest BCUT2D eigenvalue weighted by atomic mass is 35.5. The fourth-order valence-corrected chi connectivity index (χ4v) is 4.55. The van der Waals surface area contributed by atoms with Crippen LogP contribution in [0.2, 0.25) is 5.02 Å². The lowest BCUT2D eigenvalue weighted by Crippen LogP contribution is -2.00. The number of alkyl halides is 2. The number of hydrogen-bond acceptors (Lipinski definition) is 6. The van der Waals surface area contributed by atoms with Gasteiger partial charge in [-0.3, -0.25) is 4.79 Å². The van der Waals surface area contributed by atoms with Crippen molar-refractivity contribution < 1.29 is 18.3 Å². The summed E-state index contributed by atoms with van der Waals surface area (Å²) in [6.07, 6.45) is -0.564. The lowest BCUT2D eigenvalue weighted by Gasteiger charge is -2.05. The maximum atomic E-state index is 12.8. The van der Waals surface area contributed by atoms with E-state index >= 15 is 0 Å². The Morgan fingerprint density at radius 1 is 1.42 bits per heavy atom. The quantitative estimate of drug-likeness (QED) is 0.420. The highest BCUT2D eigenvalue weighted by Gasteiger charge is 2.19. The van der Waals surface area contributed by atoms with Gasteiger partial charge in [0.25, 0.3) is 6.43 Å². The first-order valence-electron chi connectivity index (χ1n) is 7.50. The van der Waals surface area contributed by atoms with E-state index in [4.69, 9.17) is 11.6 Å². The number of carbonyl (C=O) groups is 1. The molecule has 10 heteroatoms. The van der Waals surface area contributed by atoms with Gasteiger partial charge in [0.05, 0.1) is 24.1 Å². The van der Waals surface area contributed by atoms with Crippen molar-refractivity contribution in [3.63, 3.8) is 0 Å². The molecule has 138 valence electrons. The maximum Gasteiger partial charge on any atom is 0.306 e. The summed E-state index contributed by atoms with van der Waals surface area (Å²) in [5.74, 6) is 0.267. The second kappa shape index (κ2) is 7.89. The molecule has 2 aromatic heterocycles. The summed E-state index contributed by atoms with van der Waals surface area (Å²) >= 11 is 8.75. The van der Waals surface area contributed by atoms with E-state index in [0.29, 0.717) is 21.3 Å². The van der Waals surface area contributed by atoms with E-state index < -0.39 is 6.43 Å². The molecule has 3 rings (SSSR count). The van der Waals surface area contributed by atoms with Crippen LogP contribution in [0.25, 0.3) is 21.5 Å². The van der Waals surface area contributed by atoms with Crippen molar-refractivity contribution in [1.29, 1.82) is 0 Å². The summed E-state index contributed by atoms with van der Waals surface area (Å²) in [5.41, 5.74) is 1.48. The van der Waals surface area contributed by atoms with Gasteiger partial charge in [-0.1, -0.05) is 22.9 Å². The third kappa shape index (κ3) is 3.84. The minimum atomic E-state index is -2.65. The van der Waals surface area contributed by atoms with Gasteiger partial charge in [-0.05, 0) is 12.1 Å². The largest absolute Gasteiger partial charge is 0.469 e. The monoisotopic (exact) mass is 417 g/mol. The standard InChI is InChI=1S/C16H14ClF2N3O2S2/c1-22-7-10(15-20-21-16(26-15)14(18)19)9-5-8(6-11(17)13(9)22)25-4-3-12(23)24-2/h5-7,14H,3-4H2,1-2H3. The number of hydrogen-bond donors (Lipinski definition) is 0. The van der Waals surface area contributed by atoms with Gasteiger partial charge in [-0.2, -0.15) is 0 Å². The Morgan fingerprint density at radius 2 is 2.19 bits per heavy atom. The van der Waals surface area contributed by atoms with E-state index in [9.17, 15) is 13.6 Å². The zero-order chi connectivity index (χ0) is 18.8.